The molecule has 1 aromatic heterocycles. The van der Waals surface area contributed by atoms with Crippen LogP contribution in [0.3, 0.4) is 0 Å². The number of carbonyl (C=O) groups is 1. The lowest BCUT2D eigenvalue weighted by atomic mass is 10.1. The van der Waals surface area contributed by atoms with Crippen LogP contribution in [0.15, 0.2) is 47.3 Å². The predicted octanol–water partition coefficient (Wildman–Crippen LogP) is 3.70. The molecule has 0 aliphatic heterocycles. The monoisotopic (exact) mass is 353 g/mol. The first-order valence-corrected chi connectivity index (χ1v) is 8.46. The van der Waals surface area contributed by atoms with Crippen LogP contribution in [0, 0.1) is 18.6 Å². The summed E-state index contributed by atoms with van der Waals surface area (Å²) in [5.41, 5.74) is 3.47. The highest BCUT2D eigenvalue weighted by Crippen LogP contribution is 2.18. The van der Waals surface area contributed by atoms with Gasteiger partial charge in [0.05, 0.1) is 10.9 Å². The summed E-state index contributed by atoms with van der Waals surface area (Å²) in [6, 6.07) is 13.0. The second kappa shape index (κ2) is 7.03. The second-order valence-corrected chi connectivity index (χ2v) is 6.36. The van der Waals surface area contributed by atoms with E-state index in [-0.39, 0.29) is 24.4 Å². The topological polar surface area (TPSA) is 66.9 Å². The summed E-state index contributed by atoms with van der Waals surface area (Å²) in [6.45, 7) is 4.20. The van der Waals surface area contributed by atoms with Gasteiger partial charge in [0.25, 0.3) is 5.56 Å². The first kappa shape index (κ1) is 17.1. The highest BCUT2D eigenvalue weighted by atomic mass is 32.1. The Morgan fingerprint density at radius 3 is 2.72 bits per heavy atom. The van der Waals surface area contributed by atoms with Crippen LogP contribution in [0.1, 0.15) is 17.5 Å². The first-order valence-electron chi connectivity index (χ1n) is 8.05. The number of rotatable bonds is 4. The number of nitrogens with zero attached hydrogens (tertiary/aromatic N) is 1. The fraction of sp³-hybridized carbons (Fsp3) is 0.211. The van der Waals surface area contributed by atoms with E-state index in [1.165, 1.54) is 4.57 Å². The largest absolute Gasteiger partial charge is 0.332 e. The lowest BCUT2D eigenvalue weighted by Gasteiger charge is -2.11. The Balaban J connectivity index is 1.79. The van der Waals surface area contributed by atoms with E-state index in [2.05, 4.69) is 10.3 Å². The van der Waals surface area contributed by atoms with Gasteiger partial charge in [-0.15, -0.1) is 0 Å². The Morgan fingerprint density at radius 2 is 1.92 bits per heavy atom. The van der Waals surface area contributed by atoms with Gasteiger partial charge in [-0.1, -0.05) is 24.3 Å². The maximum Gasteiger partial charge on any atom is 0.262 e. The zero-order valence-electron chi connectivity index (χ0n) is 14.1. The van der Waals surface area contributed by atoms with Crippen molar-refractivity contribution in [3.63, 3.8) is 0 Å². The number of aromatic nitrogens is 2. The van der Waals surface area contributed by atoms with Gasteiger partial charge in [0.15, 0.2) is 4.77 Å². The van der Waals surface area contributed by atoms with Crippen LogP contribution >= 0.6 is 12.2 Å². The molecule has 6 heteroatoms. The molecule has 128 valence electrons. The Morgan fingerprint density at radius 1 is 1.16 bits per heavy atom. The van der Waals surface area contributed by atoms with Crippen molar-refractivity contribution >= 4 is 34.7 Å². The third-order valence-corrected chi connectivity index (χ3v) is 4.65. The fourth-order valence-corrected chi connectivity index (χ4v) is 3.00. The zero-order valence-corrected chi connectivity index (χ0v) is 14.9. The van der Waals surface area contributed by atoms with Crippen molar-refractivity contribution in [1.29, 1.82) is 0 Å². The van der Waals surface area contributed by atoms with E-state index in [1.54, 1.807) is 12.1 Å². The number of amides is 1. The molecule has 1 amide bonds. The van der Waals surface area contributed by atoms with Crippen LogP contribution in [0.25, 0.3) is 10.9 Å². The maximum absolute atomic E-state index is 12.6. The van der Waals surface area contributed by atoms with E-state index in [9.17, 15) is 9.59 Å². The number of hydrogen-bond acceptors (Lipinski definition) is 3. The summed E-state index contributed by atoms with van der Waals surface area (Å²) in [5.74, 6) is -0.150. The third kappa shape index (κ3) is 3.53. The maximum atomic E-state index is 12.6. The molecular weight excluding hydrogens is 334 g/mol. The van der Waals surface area contributed by atoms with E-state index in [0.717, 1.165) is 16.8 Å². The van der Waals surface area contributed by atoms with Crippen molar-refractivity contribution in [3.8, 4) is 0 Å². The predicted molar refractivity (Wildman–Crippen MR) is 103 cm³/mol. The van der Waals surface area contributed by atoms with Gasteiger partial charge in [0.1, 0.15) is 0 Å². The minimum atomic E-state index is -0.182. The molecule has 0 unspecified atom stereocenters. The van der Waals surface area contributed by atoms with E-state index >= 15 is 0 Å². The zero-order chi connectivity index (χ0) is 18.0. The molecule has 0 aliphatic carbocycles. The summed E-state index contributed by atoms with van der Waals surface area (Å²) in [4.78, 5) is 27.9. The van der Waals surface area contributed by atoms with Crippen molar-refractivity contribution in [3.05, 3.63) is 68.7 Å². The smallest absolute Gasteiger partial charge is 0.262 e. The molecule has 0 atom stereocenters. The summed E-state index contributed by atoms with van der Waals surface area (Å²) in [7, 11) is 0. The van der Waals surface area contributed by atoms with Gasteiger partial charge in [-0.2, -0.15) is 0 Å². The van der Waals surface area contributed by atoms with Crippen molar-refractivity contribution in [2.24, 2.45) is 0 Å². The number of nitrogens with one attached hydrogen (secondary N) is 2. The molecule has 0 bridgehead atoms. The van der Waals surface area contributed by atoms with Gasteiger partial charge >= 0.3 is 0 Å². The normalized spacial score (nSPS) is 10.8. The lowest BCUT2D eigenvalue weighted by Crippen LogP contribution is -2.25. The SMILES string of the molecule is Cc1cccc(NC(=O)CCn2c(=S)[nH]c3ccccc3c2=O)c1C. The molecule has 0 fully saturated rings. The number of aryl methyl sites for hydroxylation is 1. The molecule has 3 rings (SSSR count). The molecule has 0 aliphatic rings. The Bertz CT molecular complexity index is 1070. The van der Waals surface area contributed by atoms with Crippen molar-refractivity contribution in [2.75, 3.05) is 5.32 Å². The molecule has 2 aromatic carbocycles. The fourth-order valence-electron chi connectivity index (χ4n) is 2.71. The Kier molecular flexibility index (Phi) is 4.81. The number of carbonyl (C=O) groups excluding carboxylic acids is 1. The molecular formula is C19H19N3O2S. The Labute approximate surface area is 150 Å². The van der Waals surface area contributed by atoms with Crippen LogP contribution in [0.4, 0.5) is 5.69 Å². The van der Waals surface area contributed by atoms with Gasteiger partial charge in [0.2, 0.25) is 5.91 Å². The molecule has 5 nitrogen and oxygen atoms in total. The second-order valence-electron chi connectivity index (χ2n) is 5.98. The molecule has 0 radical (unpaired) electrons. The standard InChI is InChI=1S/C19H19N3O2S/c1-12-6-5-9-15(13(12)2)20-17(23)10-11-22-18(24)14-7-3-4-8-16(14)21-19(22)25/h3-9H,10-11H2,1-2H3,(H,20,23)(H,21,25). The number of fused-ring (bicyclic) bond motifs is 1. The minimum absolute atomic E-state index is 0.150. The average Bonchev–Trinajstić information content (AvgIpc) is 2.59. The summed E-state index contributed by atoms with van der Waals surface area (Å²) in [6.07, 6.45) is 0.170. The van der Waals surface area contributed by atoms with Gasteiger partial charge < -0.3 is 10.3 Å². The molecule has 0 spiro atoms. The lowest BCUT2D eigenvalue weighted by molar-refractivity contribution is -0.116. The quantitative estimate of drug-likeness (QED) is 0.703. The number of aromatic amines is 1. The number of anilines is 1. The highest BCUT2D eigenvalue weighted by molar-refractivity contribution is 7.71. The molecule has 3 aromatic rings. The van der Waals surface area contributed by atoms with Crippen molar-refractivity contribution in [2.45, 2.75) is 26.8 Å². The van der Waals surface area contributed by atoms with Crippen LogP contribution in [0.2, 0.25) is 0 Å². The minimum Gasteiger partial charge on any atom is -0.332 e. The summed E-state index contributed by atoms with van der Waals surface area (Å²) < 4.78 is 1.75. The molecule has 0 saturated carbocycles. The van der Waals surface area contributed by atoms with Crippen LogP contribution in [0.5, 0.6) is 0 Å². The first-order chi connectivity index (χ1) is 12.0. The summed E-state index contributed by atoms with van der Waals surface area (Å²) in [5, 5.41) is 3.46. The number of hydrogen-bond donors (Lipinski definition) is 2. The molecule has 1 heterocycles. The Hall–Kier alpha value is -2.73. The number of para-hydroxylation sites is 1. The highest BCUT2D eigenvalue weighted by Gasteiger charge is 2.09. The van der Waals surface area contributed by atoms with E-state index in [4.69, 9.17) is 12.2 Å². The van der Waals surface area contributed by atoms with Gasteiger partial charge in [-0.25, -0.2) is 0 Å². The third-order valence-electron chi connectivity index (χ3n) is 4.33. The van der Waals surface area contributed by atoms with Crippen molar-refractivity contribution in [1.82, 2.24) is 9.55 Å². The van der Waals surface area contributed by atoms with E-state index < -0.39 is 0 Å². The van der Waals surface area contributed by atoms with E-state index in [1.807, 2.05) is 44.2 Å². The van der Waals surface area contributed by atoms with Crippen molar-refractivity contribution < 1.29 is 4.79 Å². The summed E-state index contributed by atoms with van der Waals surface area (Å²) >= 11 is 5.26. The van der Waals surface area contributed by atoms with Gasteiger partial charge in [-0.05, 0) is 55.4 Å². The van der Waals surface area contributed by atoms with Crippen LogP contribution < -0.4 is 10.9 Å². The van der Waals surface area contributed by atoms with Crippen LogP contribution in [-0.4, -0.2) is 15.5 Å². The molecule has 25 heavy (non-hydrogen) atoms. The molecule has 2 N–H and O–H groups in total. The average molecular weight is 353 g/mol. The van der Waals surface area contributed by atoms with Gasteiger partial charge in [-0.3, -0.25) is 14.2 Å². The van der Waals surface area contributed by atoms with E-state index in [0.29, 0.717) is 15.7 Å². The number of benzene rings is 2. The van der Waals surface area contributed by atoms with Gasteiger partial charge in [0, 0.05) is 18.7 Å². The number of H-pyrrole nitrogens is 1. The molecule has 0 saturated heterocycles. The van der Waals surface area contributed by atoms with Crippen LogP contribution in [-0.2, 0) is 11.3 Å².